The average molecular weight is 348 g/mol. The molecule has 24 heavy (non-hydrogen) atoms. The standard InChI is InChI=1S/C16H20F4N2O2/c1-24-14-5-4-11(7-13(14)17)8-22-6-2-3-12(9-22)15(23)21-10-16(18,19)20/h4-5,7,12H,2-3,6,8-10H2,1H3,(H,21,23)/t12-/m1/s1. The van der Waals surface area contributed by atoms with Crippen molar-refractivity contribution < 1.29 is 27.1 Å². The molecule has 1 aliphatic rings. The maximum absolute atomic E-state index is 13.7. The van der Waals surface area contributed by atoms with Gasteiger partial charge in [0.2, 0.25) is 5.91 Å². The third-order valence-electron chi connectivity index (χ3n) is 3.96. The second kappa shape index (κ2) is 7.83. The summed E-state index contributed by atoms with van der Waals surface area (Å²) in [5.41, 5.74) is 0.727. The van der Waals surface area contributed by atoms with Crippen molar-refractivity contribution in [3.63, 3.8) is 0 Å². The van der Waals surface area contributed by atoms with Crippen LogP contribution in [0.2, 0.25) is 0 Å². The predicted molar refractivity (Wildman–Crippen MR) is 80.0 cm³/mol. The van der Waals surface area contributed by atoms with Gasteiger partial charge < -0.3 is 10.1 Å². The average Bonchev–Trinajstić information content (AvgIpc) is 2.52. The number of amides is 1. The maximum atomic E-state index is 13.7. The lowest BCUT2D eigenvalue weighted by Gasteiger charge is -2.32. The Morgan fingerprint density at radius 3 is 2.79 bits per heavy atom. The van der Waals surface area contributed by atoms with E-state index in [2.05, 4.69) is 0 Å². The van der Waals surface area contributed by atoms with Gasteiger partial charge in [0.25, 0.3) is 0 Å². The highest BCUT2D eigenvalue weighted by molar-refractivity contribution is 5.79. The minimum Gasteiger partial charge on any atom is -0.494 e. The second-order valence-corrected chi connectivity index (χ2v) is 5.88. The molecular formula is C16H20F4N2O2. The van der Waals surface area contributed by atoms with Gasteiger partial charge in [-0.15, -0.1) is 0 Å². The Morgan fingerprint density at radius 1 is 1.42 bits per heavy atom. The third kappa shape index (κ3) is 5.36. The third-order valence-corrected chi connectivity index (χ3v) is 3.96. The van der Waals surface area contributed by atoms with E-state index in [4.69, 9.17) is 4.74 Å². The van der Waals surface area contributed by atoms with E-state index < -0.39 is 30.4 Å². The van der Waals surface area contributed by atoms with Crippen molar-refractivity contribution >= 4 is 5.91 Å². The number of nitrogens with zero attached hydrogens (tertiary/aromatic N) is 1. The van der Waals surface area contributed by atoms with E-state index in [1.54, 1.807) is 6.07 Å². The number of ether oxygens (including phenoxy) is 1. The van der Waals surface area contributed by atoms with Gasteiger partial charge >= 0.3 is 6.18 Å². The molecule has 0 bridgehead atoms. The number of benzene rings is 1. The Kier molecular flexibility index (Phi) is 6.04. The van der Waals surface area contributed by atoms with E-state index in [1.165, 1.54) is 19.2 Å². The quantitative estimate of drug-likeness (QED) is 0.832. The molecule has 0 radical (unpaired) electrons. The number of carbonyl (C=O) groups is 1. The summed E-state index contributed by atoms with van der Waals surface area (Å²) in [5, 5.41) is 1.93. The van der Waals surface area contributed by atoms with Crippen molar-refractivity contribution in [1.82, 2.24) is 10.2 Å². The lowest BCUT2D eigenvalue weighted by atomic mass is 9.96. The van der Waals surface area contributed by atoms with Gasteiger partial charge in [-0.2, -0.15) is 13.2 Å². The van der Waals surface area contributed by atoms with Crippen LogP contribution in [0.1, 0.15) is 18.4 Å². The zero-order valence-electron chi connectivity index (χ0n) is 13.3. The minimum absolute atomic E-state index is 0.154. The molecule has 134 valence electrons. The van der Waals surface area contributed by atoms with Crippen molar-refractivity contribution in [3.8, 4) is 5.75 Å². The Bertz CT molecular complexity index is 578. The van der Waals surface area contributed by atoms with Crippen LogP contribution in [0.4, 0.5) is 17.6 Å². The summed E-state index contributed by atoms with van der Waals surface area (Å²) >= 11 is 0. The van der Waals surface area contributed by atoms with Gasteiger partial charge in [0.1, 0.15) is 6.54 Å². The predicted octanol–water partition coefficient (Wildman–Crippen LogP) is 2.72. The van der Waals surface area contributed by atoms with Crippen LogP contribution in [-0.4, -0.2) is 43.7 Å². The zero-order valence-corrected chi connectivity index (χ0v) is 13.3. The highest BCUT2D eigenvalue weighted by atomic mass is 19.4. The van der Waals surface area contributed by atoms with E-state index >= 15 is 0 Å². The monoisotopic (exact) mass is 348 g/mol. The molecule has 1 fully saturated rings. The van der Waals surface area contributed by atoms with Gasteiger partial charge in [0.05, 0.1) is 13.0 Å². The molecule has 1 heterocycles. The molecule has 0 aliphatic carbocycles. The van der Waals surface area contributed by atoms with E-state index in [-0.39, 0.29) is 5.75 Å². The first kappa shape index (κ1) is 18.5. The van der Waals surface area contributed by atoms with Crippen LogP contribution in [-0.2, 0) is 11.3 Å². The number of nitrogens with one attached hydrogen (secondary N) is 1. The number of rotatable bonds is 5. The largest absolute Gasteiger partial charge is 0.494 e. The van der Waals surface area contributed by atoms with E-state index in [0.29, 0.717) is 25.9 Å². The van der Waals surface area contributed by atoms with Gasteiger partial charge in [-0.05, 0) is 37.1 Å². The molecular weight excluding hydrogens is 328 g/mol. The molecule has 1 aromatic rings. The summed E-state index contributed by atoms with van der Waals surface area (Å²) in [5.74, 6) is -1.38. The highest BCUT2D eigenvalue weighted by Crippen LogP contribution is 2.22. The van der Waals surface area contributed by atoms with Crippen LogP contribution in [0.25, 0.3) is 0 Å². The van der Waals surface area contributed by atoms with Gasteiger partial charge in [-0.3, -0.25) is 9.69 Å². The summed E-state index contributed by atoms with van der Waals surface area (Å²) in [4.78, 5) is 13.8. The topological polar surface area (TPSA) is 41.6 Å². The molecule has 4 nitrogen and oxygen atoms in total. The fraction of sp³-hybridized carbons (Fsp3) is 0.562. The smallest absolute Gasteiger partial charge is 0.405 e. The summed E-state index contributed by atoms with van der Waals surface area (Å²) in [7, 11) is 1.38. The van der Waals surface area contributed by atoms with Crippen LogP contribution in [0.3, 0.4) is 0 Å². The molecule has 1 atom stereocenters. The molecule has 8 heteroatoms. The number of halogens is 4. The van der Waals surface area contributed by atoms with Crippen molar-refractivity contribution in [2.45, 2.75) is 25.6 Å². The summed E-state index contributed by atoms with van der Waals surface area (Å²) < 4.78 is 55.1. The van der Waals surface area contributed by atoms with Crippen molar-refractivity contribution in [2.75, 3.05) is 26.7 Å². The normalized spacial score (nSPS) is 19.1. The van der Waals surface area contributed by atoms with Crippen LogP contribution in [0, 0.1) is 11.7 Å². The summed E-state index contributed by atoms with van der Waals surface area (Å²) in [6.45, 7) is 0.198. The lowest BCUT2D eigenvalue weighted by Crippen LogP contribution is -2.44. The molecule has 2 rings (SSSR count). The molecule has 1 aliphatic heterocycles. The SMILES string of the molecule is COc1ccc(CN2CCC[C@@H](C(=O)NCC(F)(F)F)C2)cc1F. The number of methoxy groups -OCH3 is 1. The molecule has 0 aromatic heterocycles. The van der Waals surface area contributed by atoms with E-state index in [9.17, 15) is 22.4 Å². The summed E-state index contributed by atoms with van der Waals surface area (Å²) in [6.07, 6.45) is -3.15. The van der Waals surface area contributed by atoms with Crippen LogP contribution in [0.5, 0.6) is 5.75 Å². The fourth-order valence-electron chi connectivity index (χ4n) is 2.81. The van der Waals surface area contributed by atoms with Gasteiger partial charge in [0, 0.05) is 13.1 Å². The van der Waals surface area contributed by atoms with Gasteiger partial charge in [-0.1, -0.05) is 6.07 Å². The van der Waals surface area contributed by atoms with Crippen LogP contribution < -0.4 is 10.1 Å². The van der Waals surface area contributed by atoms with Gasteiger partial charge in [0.15, 0.2) is 11.6 Å². The maximum Gasteiger partial charge on any atom is 0.405 e. The Morgan fingerprint density at radius 2 is 2.17 bits per heavy atom. The Labute approximate surface area is 137 Å². The number of carbonyl (C=O) groups excluding carboxylic acids is 1. The van der Waals surface area contributed by atoms with Crippen LogP contribution >= 0.6 is 0 Å². The molecule has 0 spiro atoms. The number of alkyl halides is 3. The first-order valence-corrected chi connectivity index (χ1v) is 7.67. The first-order valence-electron chi connectivity index (χ1n) is 7.67. The zero-order chi connectivity index (χ0) is 17.7. The van der Waals surface area contributed by atoms with E-state index in [1.807, 2.05) is 10.2 Å². The number of hydrogen-bond donors (Lipinski definition) is 1. The molecule has 1 aromatic carbocycles. The minimum atomic E-state index is -4.41. The summed E-state index contributed by atoms with van der Waals surface area (Å²) in [6, 6.07) is 4.63. The Balaban J connectivity index is 1.91. The second-order valence-electron chi connectivity index (χ2n) is 5.88. The van der Waals surface area contributed by atoms with Crippen molar-refractivity contribution in [3.05, 3.63) is 29.6 Å². The van der Waals surface area contributed by atoms with Gasteiger partial charge in [-0.25, -0.2) is 4.39 Å². The molecule has 1 N–H and O–H groups in total. The van der Waals surface area contributed by atoms with Crippen LogP contribution in [0.15, 0.2) is 18.2 Å². The lowest BCUT2D eigenvalue weighted by molar-refractivity contribution is -0.141. The number of likely N-dealkylation sites (tertiary alicyclic amines) is 1. The van der Waals surface area contributed by atoms with E-state index in [0.717, 1.165) is 12.1 Å². The van der Waals surface area contributed by atoms with Crippen molar-refractivity contribution in [2.24, 2.45) is 5.92 Å². The molecule has 0 unspecified atom stereocenters. The Hall–Kier alpha value is -1.83. The molecule has 1 amide bonds. The highest BCUT2D eigenvalue weighted by Gasteiger charge is 2.31. The van der Waals surface area contributed by atoms with Crippen molar-refractivity contribution in [1.29, 1.82) is 0 Å². The first-order chi connectivity index (χ1) is 11.3. The fourth-order valence-corrected chi connectivity index (χ4v) is 2.81. The number of piperidine rings is 1. The molecule has 1 saturated heterocycles. The molecule has 0 saturated carbocycles. The number of hydrogen-bond acceptors (Lipinski definition) is 3.